The molecule has 1 aliphatic carbocycles. The number of aryl methyl sites for hydroxylation is 1. The van der Waals surface area contributed by atoms with Crippen LogP contribution in [-0.2, 0) is 77.6 Å². The second-order valence-corrected chi connectivity index (χ2v) is 31.5. The highest BCUT2D eigenvalue weighted by Gasteiger charge is 2.37. The molecular weight excluding hydrogens is 1130 g/mol. The van der Waals surface area contributed by atoms with E-state index in [4.69, 9.17) is 9.47 Å². The van der Waals surface area contributed by atoms with Crippen molar-refractivity contribution < 1.29 is 42.8 Å². The van der Waals surface area contributed by atoms with Crippen LogP contribution in [0.1, 0.15) is 246 Å². The van der Waals surface area contributed by atoms with Crippen LogP contribution in [0, 0.1) is 5.41 Å². The van der Waals surface area contributed by atoms with Crippen LogP contribution >= 0.6 is 0 Å². The second-order valence-electron chi connectivity index (χ2n) is 31.5. The Morgan fingerprint density at radius 3 is 1.07 bits per heavy atom. The molecule has 0 spiro atoms. The highest BCUT2D eigenvalue weighted by Crippen LogP contribution is 2.49. The van der Waals surface area contributed by atoms with Crippen LogP contribution in [-0.4, -0.2) is 93.4 Å². The molecule has 0 aromatic heterocycles. The van der Waals surface area contributed by atoms with Gasteiger partial charge in [-0.1, -0.05) is 251 Å². The molecule has 5 aromatic carbocycles. The number of nitrogens with one attached hydrogen (secondary N) is 2. The van der Waals surface area contributed by atoms with Gasteiger partial charge in [-0.05, 0) is 143 Å². The van der Waals surface area contributed by atoms with E-state index in [-0.39, 0.29) is 55.7 Å². The van der Waals surface area contributed by atoms with E-state index in [1.165, 1.54) is 57.2 Å². The number of benzene rings is 5. The van der Waals surface area contributed by atoms with Gasteiger partial charge in [0.25, 0.3) is 0 Å². The molecule has 0 bridgehead atoms. The van der Waals surface area contributed by atoms with Crippen LogP contribution in [0.3, 0.4) is 0 Å². The number of carbonyl (C=O) groups is 3. The fourth-order valence-corrected chi connectivity index (χ4v) is 10.4. The Morgan fingerprint density at radius 1 is 0.429 bits per heavy atom. The summed E-state index contributed by atoms with van der Waals surface area (Å²) in [6.07, 6.45) is 2.15. The zero-order valence-corrected chi connectivity index (χ0v) is 63.1. The van der Waals surface area contributed by atoms with Crippen LogP contribution in [0.15, 0.2) is 109 Å². The maximum absolute atomic E-state index is 12.1. The molecule has 1 atom stereocenters. The van der Waals surface area contributed by atoms with Gasteiger partial charge in [0.2, 0.25) is 0 Å². The van der Waals surface area contributed by atoms with Gasteiger partial charge in [-0.3, -0.25) is 14.4 Å². The Hall–Kier alpha value is -5.69. The van der Waals surface area contributed by atoms with Crippen LogP contribution in [0.4, 0.5) is 5.69 Å². The van der Waals surface area contributed by atoms with Gasteiger partial charge in [-0.15, -0.1) is 0 Å². The zero-order valence-electron chi connectivity index (χ0n) is 63.1. The number of rotatable bonds is 11. The number of methoxy groups -OCH3 is 6. The van der Waals surface area contributed by atoms with E-state index in [0.717, 1.165) is 18.5 Å². The molecule has 0 saturated carbocycles. The number of ketones is 1. The van der Waals surface area contributed by atoms with Gasteiger partial charge < -0.3 is 39.1 Å². The Bertz CT molecular complexity index is 2650. The maximum Gasteiger partial charge on any atom is 0.313 e. The number of ether oxygens (including phenoxy) is 6. The molecule has 0 saturated heterocycles. The Morgan fingerprint density at radius 2 is 0.791 bits per heavy atom. The number of anilines is 1. The van der Waals surface area contributed by atoms with E-state index >= 15 is 0 Å². The predicted molar refractivity (Wildman–Crippen MR) is 386 cm³/mol. The lowest BCUT2D eigenvalue weighted by Gasteiger charge is -2.33. The van der Waals surface area contributed by atoms with Crippen molar-refractivity contribution in [2.75, 3.05) is 81.1 Å². The number of Topliss-reactive ketones (excluding diaryl/α,β-unsaturated/α-hetero) is 1. The average Bonchev–Trinajstić information content (AvgIpc) is 1.77. The van der Waals surface area contributed by atoms with E-state index in [9.17, 15) is 14.4 Å². The molecule has 6 rings (SSSR count). The minimum absolute atomic E-state index is 0.0235. The minimum Gasteiger partial charge on any atom is -0.497 e. The highest BCUT2D eigenvalue weighted by molar-refractivity contribution is 6.39. The Balaban J connectivity index is 0.00000109. The zero-order chi connectivity index (χ0) is 70.6. The van der Waals surface area contributed by atoms with Gasteiger partial charge in [0, 0.05) is 53.3 Å². The number of hydrogen-bond donors (Lipinski definition) is 2. The number of carbonyl (C=O) groups excluding carboxylic acids is 3. The summed E-state index contributed by atoms with van der Waals surface area (Å²) in [4.78, 5) is 35.1. The van der Waals surface area contributed by atoms with E-state index in [2.05, 4.69) is 275 Å². The third kappa shape index (κ3) is 31.2. The van der Waals surface area contributed by atoms with Crippen molar-refractivity contribution in [2.24, 2.45) is 5.41 Å². The quantitative estimate of drug-likeness (QED) is 0.0574. The fraction of sp³-hybridized carbons (Fsp3) is 0.588. The summed E-state index contributed by atoms with van der Waals surface area (Å²) < 4.78 is 28.0. The third-order valence-electron chi connectivity index (χ3n) is 15.0. The third-order valence-corrected chi connectivity index (χ3v) is 15.0. The molecular formula is C80H128N2O9. The first-order valence-electron chi connectivity index (χ1n) is 32.4. The maximum atomic E-state index is 12.1. The van der Waals surface area contributed by atoms with E-state index in [1.807, 2.05) is 6.07 Å². The standard InChI is InChI=1S/C21H32N2O2.3C14H22.C10H12O3.C4H10O2.C3H8O2/c1-8-22-18(24)19(25)23-14-11-13-9-10-15(20(2,3)4)17(13)16(12-14)21(5,6)7;3*1-13(2,3)11-9-7-8-10-12(11)14(4,5)6;1-12-7-10(11)8-4-3-5-9(6-8)13-2;1-5-3-4-6-2;1-4-3-5-2/h11-12,15H,8-10H2,1-7H3,(H,22,24)(H,23,25);3*7-10H,1-6H3;3-6H,7H2,1-2H3;3-4H2,1-2H3;3H2,1-2H3. The first-order valence-corrected chi connectivity index (χ1v) is 32.4. The Kier molecular flexibility index (Phi) is 36.1. The van der Waals surface area contributed by atoms with E-state index < -0.39 is 11.8 Å². The van der Waals surface area contributed by atoms with Crippen LogP contribution in [0.25, 0.3) is 0 Å². The first kappa shape index (κ1) is 85.3. The summed E-state index contributed by atoms with van der Waals surface area (Å²) in [6.45, 7) is 58.6. The molecule has 0 fully saturated rings. The molecule has 2 amide bonds. The van der Waals surface area contributed by atoms with Crippen molar-refractivity contribution >= 4 is 23.3 Å². The highest BCUT2D eigenvalue weighted by atomic mass is 16.6. The van der Waals surface area contributed by atoms with Crippen molar-refractivity contribution in [2.45, 2.75) is 230 Å². The molecule has 2 N–H and O–H groups in total. The predicted octanol–water partition coefficient (Wildman–Crippen LogP) is 19.0. The molecule has 1 aliphatic rings. The molecule has 0 heterocycles. The molecule has 5 aromatic rings. The molecule has 0 aliphatic heterocycles. The molecule has 11 heteroatoms. The molecule has 1 unspecified atom stereocenters. The smallest absolute Gasteiger partial charge is 0.313 e. The minimum atomic E-state index is -0.605. The van der Waals surface area contributed by atoms with Gasteiger partial charge in [0.05, 0.1) is 20.3 Å². The molecule has 11 nitrogen and oxygen atoms in total. The lowest BCUT2D eigenvalue weighted by molar-refractivity contribution is -0.136. The lowest BCUT2D eigenvalue weighted by atomic mass is 9.72. The molecule has 512 valence electrons. The van der Waals surface area contributed by atoms with Crippen molar-refractivity contribution in [3.63, 3.8) is 0 Å². The van der Waals surface area contributed by atoms with Crippen molar-refractivity contribution in [3.05, 3.63) is 165 Å². The lowest BCUT2D eigenvalue weighted by Crippen LogP contribution is -2.35. The second kappa shape index (κ2) is 38.5. The summed E-state index contributed by atoms with van der Waals surface area (Å²) >= 11 is 0. The van der Waals surface area contributed by atoms with Gasteiger partial charge in [-0.25, -0.2) is 0 Å². The SMILES string of the molecule is CC(C)(C)c1ccccc1C(C)(C)C.CC(C)(C)c1ccccc1C(C)(C)C.CC(C)(C)c1ccccc1C(C)(C)C.CCNC(=O)C(=O)Nc1cc2c(c(C(C)(C)C)c1)C(C(C)(C)C)CC2.COCC(=O)c1cccc(OC)c1.COCCOC.COCOC. The summed E-state index contributed by atoms with van der Waals surface area (Å²) in [6, 6.07) is 37.4. The van der Waals surface area contributed by atoms with Crippen molar-refractivity contribution in [1.29, 1.82) is 0 Å². The monoisotopic (exact) mass is 1260 g/mol. The summed E-state index contributed by atoms with van der Waals surface area (Å²) in [5.74, 6) is -0.0341. The van der Waals surface area contributed by atoms with Gasteiger partial charge >= 0.3 is 11.8 Å². The molecule has 0 radical (unpaired) electrons. The normalized spacial score (nSPS) is 13.2. The van der Waals surface area contributed by atoms with Crippen LogP contribution in [0.2, 0.25) is 0 Å². The van der Waals surface area contributed by atoms with E-state index in [1.54, 1.807) is 66.7 Å². The van der Waals surface area contributed by atoms with Crippen LogP contribution < -0.4 is 15.4 Å². The summed E-state index contributed by atoms with van der Waals surface area (Å²) in [5.41, 5.74) is 15.8. The van der Waals surface area contributed by atoms with Gasteiger partial charge in [-0.2, -0.15) is 0 Å². The number of amides is 2. The topological polar surface area (TPSA) is 131 Å². The summed E-state index contributed by atoms with van der Waals surface area (Å²) in [7, 11) is 9.54. The van der Waals surface area contributed by atoms with Gasteiger partial charge in [0.15, 0.2) is 5.78 Å². The molecule has 91 heavy (non-hydrogen) atoms. The number of fused-ring (bicyclic) bond motifs is 1. The van der Waals surface area contributed by atoms with Crippen molar-refractivity contribution in [1.82, 2.24) is 5.32 Å². The van der Waals surface area contributed by atoms with E-state index in [0.29, 0.717) is 43.8 Å². The van der Waals surface area contributed by atoms with Gasteiger partial charge in [0.1, 0.15) is 19.1 Å². The average molecular weight is 1260 g/mol. The van der Waals surface area contributed by atoms with Crippen molar-refractivity contribution in [3.8, 4) is 5.75 Å². The van der Waals surface area contributed by atoms with Crippen LogP contribution in [0.5, 0.6) is 5.75 Å². The summed E-state index contributed by atoms with van der Waals surface area (Å²) in [5, 5.41) is 5.31. The number of likely N-dealkylation sites (N-methyl/N-ethyl adjacent to an activating group) is 1. The Labute approximate surface area is 555 Å². The first-order chi connectivity index (χ1) is 41.7. The number of hydrogen-bond acceptors (Lipinski definition) is 9. The fourth-order valence-electron chi connectivity index (χ4n) is 10.4. The largest absolute Gasteiger partial charge is 0.497 e.